The van der Waals surface area contributed by atoms with Crippen molar-refractivity contribution in [1.29, 1.82) is 0 Å². The molecule has 0 saturated carbocycles. The Hall–Kier alpha value is -1.13. The van der Waals surface area contributed by atoms with Gasteiger partial charge in [0, 0.05) is 22.3 Å². The topological polar surface area (TPSA) is 41.6 Å². The lowest BCUT2D eigenvalue weighted by Crippen LogP contribution is -1.76. The molecule has 3 heterocycles. The zero-order valence-corrected chi connectivity index (χ0v) is 9.80. The Kier molecular flexibility index (Phi) is 1.94. The average Bonchev–Trinajstić information content (AvgIpc) is 2.56. The largest absolute Gasteiger partial charge is 0.352 e. The molecule has 0 radical (unpaired) electrons. The maximum Gasteiger partial charge on any atom is 0.0974 e. The van der Waals surface area contributed by atoms with E-state index in [1.165, 1.54) is 0 Å². The second-order valence-electron chi connectivity index (χ2n) is 3.22. The molecule has 0 aliphatic carbocycles. The average molecular weight is 283 g/mol. The summed E-state index contributed by atoms with van der Waals surface area (Å²) in [5, 5.41) is 1.54. The maximum absolute atomic E-state index is 6.08. The van der Waals surface area contributed by atoms with Gasteiger partial charge in [0.25, 0.3) is 0 Å². The van der Waals surface area contributed by atoms with Gasteiger partial charge in [-0.2, -0.15) is 0 Å². The molecule has 1 N–H and O–H groups in total. The van der Waals surface area contributed by atoms with E-state index in [2.05, 4.69) is 30.9 Å². The molecule has 3 aromatic heterocycles. The monoisotopic (exact) mass is 281 g/mol. The number of nitrogens with one attached hydrogen (secondary N) is 1. The standard InChI is InChI=1S/C10H5BrClN3/c11-5-1-7-10(14-2-5)9-6(12)3-13-4-8(9)15-7/h1-4,15H. The molecule has 3 rings (SSSR count). The van der Waals surface area contributed by atoms with Crippen molar-refractivity contribution < 1.29 is 0 Å². The van der Waals surface area contributed by atoms with Crippen LogP contribution in [-0.4, -0.2) is 15.0 Å². The van der Waals surface area contributed by atoms with Crippen molar-refractivity contribution in [3.05, 3.63) is 34.2 Å². The number of fused-ring (bicyclic) bond motifs is 3. The van der Waals surface area contributed by atoms with Crippen LogP contribution in [0.2, 0.25) is 5.02 Å². The number of hydrogen-bond donors (Lipinski definition) is 1. The van der Waals surface area contributed by atoms with Crippen molar-refractivity contribution in [3.8, 4) is 0 Å². The Labute approximate surface area is 98.6 Å². The Balaban J connectivity index is 2.59. The molecule has 0 fully saturated rings. The van der Waals surface area contributed by atoms with Crippen LogP contribution < -0.4 is 0 Å². The van der Waals surface area contributed by atoms with Crippen molar-refractivity contribution in [2.24, 2.45) is 0 Å². The van der Waals surface area contributed by atoms with Crippen LogP contribution in [0.15, 0.2) is 29.1 Å². The molecule has 0 unspecified atom stereocenters. The van der Waals surface area contributed by atoms with Gasteiger partial charge in [-0.3, -0.25) is 9.97 Å². The summed E-state index contributed by atoms with van der Waals surface area (Å²) in [6.07, 6.45) is 5.13. The third kappa shape index (κ3) is 1.33. The summed E-state index contributed by atoms with van der Waals surface area (Å²) in [4.78, 5) is 11.6. The first kappa shape index (κ1) is 9.12. The van der Waals surface area contributed by atoms with Crippen LogP contribution in [-0.2, 0) is 0 Å². The molecule has 0 saturated heterocycles. The summed E-state index contributed by atoms with van der Waals surface area (Å²) in [6, 6.07) is 1.97. The third-order valence-electron chi connectivity index (χ3n) is 2.26. The SMILES string of the molecule is Clc1cncc2[nH]c3cc(Br)cnc3c12. The van der Waals surface area contributed by atoms with Crippen molar-refractivity contribution in [3.63, 3.8) is 0 Å². The molecular weight excluding hydrogens is 277 g/mol. The molecule has 3 nitrogen and oxygen atoms in total. The number of aromatic nitrogens is 3. The van der Waals surface area contributed by atoms with Crippen molar-refractivity contribution >= 4 is 49.5 Å². The third-order valence-corrected chi connectivity index (χ3v) is 2.98. The second-order valence-corrected chi connectivity index (χ2v) is 4.54. The van der Waals surface area contributed by atoms with E-state index in [-0.39, 0.29) is 0 Å². The molecule has 0 atom stereocenters. The van der Waals surface area contributed by atoms with Gasteiger partial charge < -0.3 is 4.98 Å². The van der Waals surface area contributed by atoms with Crippen LogP contribution >= 0.6 is 27.5 Å². The zero-order chi connectivity index (χ0) is 10.4. The number of nitrogens with zero attached hydrogens (tertiary/aromatic N) is 2. The van der Waals surface area contributed by atoms with Crippen LogP contribution in [0.4, 0.5) is 0 Å². The predicted molar refractivity (Wildman–Crippen MR) is 64.1 cm³/mol. The lowest BCUT2D eigenvalue weighted by Gasteiger charge is -1.93. The van der Waals surface area contributed by atoms with Gasteiger partial charge in [0.15, 0.2) is 0 Å². The van der Waals surface area contributed by atoms with E-state index in [0.29, 0.717) is 5.02 Å². The second kappa shape index (κ2) is 3.18. The van der Waals surface area contributed by atoms with E-state index < -0.39 is 0 Å². The minimum Gasteiger partial charge on any atom is -0.352 e. The predicted octanol–water partition coefficient (Wildman–Crippen LogP) is 3.53. The highest BCUT2D eigenvalue weighted by molar-refractivity contribution is 9.10. The number of rotatable bonds is 0. The van der Waals surface area contributed by atoms with Crippen LogP contribution in [0.5, 0.6) is 0 Å². The van der Waals surface area contributed by atoms with E-state index in [1.54, 1.807) is 18.6 Å². The lowest BCUT2D eigenvalue weighted by atomic mass is 10.3. The van der Waals surface area contributed by atoms with Gasteiger partial charge in [0.1, 0.15) is 0 Å². The van der Waals surface area contributed by atoms with E-state index in [1.807, 2.05) is 6.07 Å². The number of halogens is 2. The maximum atomic E-state index is 6.08. The molecule has 0 aliphatic heterocycles. The molecule has 74 valence electrons. The summed E-state index contributed by atoms with van der Waals surface area (Å²) < 4.78 is 0.936. The van der Waals surface area contributed by atoms with Gasteiger partial charge >= 0.3 is 0 Å². The molecule has 0 aromatic carbocycles. The number of hydrogen-bond acceptors (Lipinski definition) is 2. The van der Waals surface area contributed by atoms with Crippen molar-refractivity contribution in [2.75, 3.05) is 0 Å². The fourth-order valence-electron chi connectivity index (χ4n) is 1.65. The Morgan fingerprint density at radius 3 is 2.93 bits per heavy atom. The highest BCUT2D eigenvalue weighted by Crippen LogP contribution is 2.29. The summed E-state index contributed by atoms with van der Waals surface area (Å²) >= 11 is 9.46. The highest BCUT2D eigenvalue weighted by Gasteiger charge is 2.08. The van der Waals surface area contributed by atoms with E-state index in [4.69, 9.17) is 11.6 Å². The van der Waals surface area contributed by atoms with Gasteiger partial charge in [-0.05, 0) is 22.0 Å². The summed E-state index contributed by atoms with van der Waals surface area (Å²) in [6.45, 7) is 0. The number of H-pyrrole nitrogens is 1. The summed E-state index contributed by atoms with van der Waals surface area (Å²) in [5.41, 5.74) is 2.73. The molecule has 0 spiro atoms. The van der Waals surface area contributed by atoms with Gasteiger partial charge in [-0.15, -0.1) is 0 Å². The van der Waals surface area contributed by atoms with Crippen molar-refractivity contribution in [2.45, 2.75) is 0 Å². The van der Waals surface area contributed by atoms with Crippen LogP contribution in [0.25, 0.3) is 21.9 Å². The van der Waals surface area contributed by atoms with Crippen LogP contribution in [0.3, 0.4) is 0 Å². The molecule has 3 aromatic rings. The number of pyridine rings is 2. The Bertz CT molecular complexity index is 662. The quantitative estimate of drug-likeness (QED) is 0.685. The fourth-order valence-corrected chi connectivity index (χ4v) is 2.23. The van der Waals surface area contributed by atoms with E-state index >= 15 is 0 Å². The highest BCUT2D eigenvalue weighted by atomic mass is 79.9. The lowest BCUT2D eigenvalue weighted by molar-refractivity contribution is 1.35. The van der Waals surface area contributed by atoms with Gasteiger partial charge in [-0.25, -0.2) is 0 Å². The Morgan fingerprint density at radius 2 is 2.07 bits per heavy atom. The number of aromatic amines is 1. The molecule has 15 heavy (non-hydrogen) atoms. The zero-order valence-electron chi connectivity index (χ0n) is 7.46. The van der Waals surface area contributed by atoms with Gasteiger partial charge in [0.05, 0.1) is 27.8 Å². The van der Waals surface area contributed by atoms with Gasteiger partial charge in [0.2, 0.25) is 0 Å². The summed E-state index contributed by atoms with van der Waals surface area (Å²) in [5.74, 6) is 0. The Morgan fingerprint density at radius 1 is 1.20 bits per heavy atom. The van der Waals surface area contributed by atoms with Crippen molar-refractivity contribution in [1.82, 2.24) is 15.0 Å². The fraction of sp³-hybridized carbons (Fsp3) is 0. The smallest absolute Gasteiger partial charge is 0.0974 e. The minimum absolute atomic E-state index is 0.619. The van der Waals surface area contributed by atoms with E-state index in [0.717, 1.165) is 26.4 Å². The minimum atomic E-state index is 0.619. The normalized spacial score (nSPS) is 11.3. The van der Waals surface area contributed by atoms with Crippen LogP contribution in [0, 0.1) is 0 Å². The first-order valence-electron chi connectivity index (χ1n) is 4.32. The van der Waals surface area contributed by atoms with Crippen LogP contribution in [0.1, 0.15) is 0 Å². The van der Waals surface area contributed by atoms with E-state index in [9.17, 15) is 0 Å². The molecule has 0 aliphatic rings. The summed E-state index contributed by atoms with van der Waals surface area (Å²) in [7, 11) is 0. The molecule has 0 amide bonds. The first-order chi connectivity index (χ1) is 7.25. The molecular formula is C10H5BrClN3. The molecule has 5 heteroatoms. The van der Waals surface area contributed by atoms with Gasteiger partial charge in [-0.1, -0.05) is 11.6 Å². The first-order valence-corrected chi connectivity index (χ1v) is 5.49. The molecule has 0 bridgehead atoms.